The van der Waals surface area contributed by atoms with Gasteiger partial charge in [-0.2, -0.15) is 0 Å². The van der Waals surface area contributed by atoms with Gasteiger partial charge in [-0.1, -0.05) is 30.3 Å². The molecule has 0 spiro atoms. The number of hydrogen-bond donors (Lipinski definition) is 0. The van der Waals surface area contributed by atoms with E-state index in [4.69, 9.17) is 14.2 Å². The van der Waals surface area contributed by atoms with Crippen LogP contribution >= 0.6 is 0 Å². The summed E-state index contributed by atoms with van der Waals surface area (Å²) in [6.45, 7) is 5.73. The van der Waals surface area contributed by atoms with E-state index in [9.17, 15) is 4.79 Å². The lowest BCUT2D eigenvalue weighted by Crippen LogP contribution is -2.38. The van der Waals surface area contributed by atoms with E-state index in [0.717, 1.165) is 28.3 Å². The Morgan fingerprint density at radius 2 is 1.82 bits per heavy atom. The third-order valence-corrected chi connectivity index (χ3v) is 5.23. The molecule has 1 amide bonds. The zero-order valence-corrected chi connectivity index (χ0v) is 19.3. The molecule has 4 aromatic rings. The molecule has 1 aromatic carbocycles. The number of aromatic nitrogens is 3. The van der Waals surface area contributed by atoms with Gasteiger partial charge in [-0.05, 0) is 50.6 Å². The van der Waals surface area contributed by atoms with E-state index in [-0.39, 0.29) is 0 Å². The lowest BCUT2D eigenvalue weighted by atomic mass is 10.1. The number of amides is 1. The fourth-order valence-electron chi connectivity index (χ4n) is 3.74. The maximum Gasteiger partial charge on any atom is 0.234 e. The third kappa shape index (κ3) is 5.21. The maximum atomic E-state index is 12.1. The van der Waals surface area contributed by atoms with Gasteiger partial charge in [0, 0.05) is 30.9 Å². The number of hydroxylamine groups is 2. The summed E-state index contributed by atoms with van der Waals surface area (Å²) >= 11 is 0. The maximum absolute atomic E-state index is 12.1. The van der Waals surface area contributed by atoms with E-state index in [0.29, 0.717) is 18.7 Å². The Labute approximate surface area is 193 Å². The highest BCUT2D eigenvalue weighted by Gasteiger charge is 2.29. The van der Waals surface area contributed by atoms with Crippen LogP contribution in [0.1, 0.15) is 38.3 Å². The first-order chi connectivity index (χ1) is 15.9. The van der Waals surface area contributed by atoms with Crippen molar-refractivity contribution >= 4 is 6.41 Å². The molecule has 7 nitrogen and oxygen atoms in total. The topological polar surface area (TPSA) is 73.4 Å². The van der Waals surface area contributed by atoms with Crippen molar-refractivity contribution in [2.45, 2.75) is 38.8 Å². The van der Waals surface area contributed by atoms with Crippen molar-refractivity contribution in [1.29, 1.82) is 0 Å². The average molecular weight is 445 g/mol. The second-order valence-electron chi connectivity index (χ2n) is 8.83. The standard InChI is InChI=1S/C26H28N4O3/c1-26(2,3)33-30(18-31)22(16-21-8-5-6-14-27-21)25-28-17-23(29(25)4)19-10-12-20(13-11-19)24-9-7-15-32-24/h5-15,17-18,22H,16H2,1-4H3. The van der Waals surface area contributed by atoms with Gasteiger partial charge >= 0.3 is 0 Å². The number of furan rings is 1. The monoisotopic (exact) mass is 444 g/mol. The molecule has 7 heteroatoms. The highest BCUT2D eigenvalue weighted by atomic mass is 16.7. The van der Waals surface area contributed by atoms with Gasteiger partial charge in [0.2, 0.25) is 6.41 Å². The van der Waals surface area contributed by atoms with Crippen molar-refractivity contribution < 1.29 is 14.0 Å². The zero-order chi connectivity index (χ0) is 23.4. The first-order valence-corrected chi connectivity index (χ1v) is 10.8. The molecule has 0 radical (unpaired) electrons. The van der Waals surface area contributed by atoms with Gasteiger partial charge in [0.25, 0.3) is 0 Å². The minimum absolute atomic E-state index is 0.447. The number of benzene rings is 1. The highest BCUT2D eigenvalue weighted by Crippen LogP contribution is 2.30. The van der Waals surface area contributed by atoms with Crippen molar-refractivity contribution in [2.75, 3.05) is 0 Å². The van der Waals surface area contributed by atoms with Crippen LogP contribution < -0.4 is 0 Å². The smallest absolute Gasteiger partial charge is 0.234 e. The molecule has 1 atom stereocenters. The molecule has 170 valence electrons. The summed E-state index contributed by atoms with van der Waals surface area (Å²) in [5.41, 5.74) is 3.25. The number of carbonyl (C=O) groups is 1. The van der Waals surface area contributed by atoms with Crippen LogP contribution in [-0.4, -0.2) is 31.6 Å². The molecule has 0 aliphatic carbocycles. The van der Waals surface area contributed by atoms with Crippen LogP contribution in [0.2, 0.25) is 0 Å². The number of hydrogen-bond acceptors (Lipinski definition) is 5. The molecule has 0 bridgehead atoms. The van der Waals surface area contributed by atoms with Gasteiger partial charge in [0.1, 0.15) is 17.6 Å². The Balaban J connectivity index is 1.68. The van der Waals surface area contributed by atoms with Crippen LogP contribution in [0.3, 0.4) is 0 Å². The van der Waals surface area contributed by atoms with Crippen molar-refractivity contribution in [3.63, 3.8) is 0 Å². The first-order valence-electron chi connectivity index (χ1n) is 10.8. The van der Waals surface area contributed by atoms with Crippen molar-refractivity contribution in [1.82, 2.24) is 19.6 Å². The molecule has 0 saturated carbocycles. The fraction of sp³-hybridized carbons (Fsp3) is 0.269. The molecular weight excluding hydrogens is 416 g/mol. The molecule has 0 aliphatic rings. The van der Waals surface area contributed by atoms with Gasteiger partial charge in [-0.3, -0.25) is 14.6 Å². The predicted octanol–water partition coefficient (Wildman–Crippen LogP) is 5.21. The summed E-state index contributed by atoms with van der Waals surface area (Å²) in [5, 5.41) is 1.35. The Hall–Kier alpha value is -3.71. The number of nitrogens with zero attached hydrogens (tertiary/aromatic N) is 4. The molecule has 1 unspecified atom stereocenters. The molecule has 3 aromatic heterocycles. The predicted molar refractivity (Wildman–Crippen MR) is 126 cm³/mol. The van der Waals surface area contributed by atoms with E-state index in [1.54, 1.807) is 12.5 Å². The van der Waals surface area contributed by atoms with E-state index < -0.39 is 11.6 Å². The lowest BCUT2D eigenvalue weighted by molar-refractivity contribution is -0.235. The molecule has 0 N–H and O–H groups in total. The Bertz CT molecular complexity index is 1180. The minimum Gasteiger partial charge on any atom is -0.464 e. The van der Waals surface area contributed by atoms with Gasteiger partial charge in [-0.25, -0.2) is 10.0 Å². The average Bonchev–Trinajstić information content (AvgIpc) is 3.47. The Morgan fingerprint density at radius 1 is 1.06 bits per heavy atom. The van der Waals surface area contributed by atoms with Crippen molar-refractivity contribution in [2.24, 2.45) is 7.05 Å². The quantitative estimate of drug-likeness (QED) is 0.275. The van der Waals surface area contributed by atoms with Crippen LogP contribution in [0.25, 0.3) is 22.6 Å². The summed E-state index contributed by atoms with van der Waals surface area (Å²) in [4.78, 5) is 27.2. The number of carbonyl (C=O) groups excluding carboxylic acids is 1. The first kappa shape index (κ1) is 22.5. The summed E-state index contributed by atoms with van der Waals surface area (Å²) < 4.78 is 7.48. The summed E-state index contributed by atoms with van der Waals surface area (Å²) in [5.74, 6) is 1.53. The summed E-state index contributed by atoms with van der Waals surface area (Å²) in [6.07, 6.45) is 6.41. The summed E-state index contributed by atoms with van der Waals surface area (Å²) in [6, 6.07) is 17.2. The number of imidazole rings is 1. The molecule has 0 saturated heterocycles. The minimum atomic E-state index is -0.543. The second-order valence-corrected chi connectivity index (χ2v) is 8.83. The van der Waals surface area contributed by atoms with Gasteiger partial charge < -0.3 is 8.98 Å². The van der Waals surface area contributed by atoms with Gasteiger partial charge in [0.15, 0.2) is 0 Å². The molecule has 0 aliphatic heterocycles. The SMILES string of the molecule is Cn1c(-c2ccc(-c3ccco3)cc2)cnc1C(Cc1ccccn1)N(C=O)OC(C)(C)C. The lowest BCUT2D eigenvalue weighted by Gasteiger charge is -2.32. The van der Waals surface area contributed by atoms with Crippen LogP contribution in [-0.2, 0) is 23.1 Å². The number of pyridine rings is 1. The van der Waals surface area contributed by atoms with Gasteiger partial charge in [0.05, 0.1) is 23.8 Å². The highest BCUT2D eigenvalue weighted by molar-refractivity contribution is 5.66. The zero-order valence-electron chi connectivity index (χ0n) is 19.3. The van der Waals surface area contributed by atoms with Crippen LogP contribution in [0.4, 0.5) is 0 Å². The molecule has 0 fully saturated rings. The van der Waals surface area contributed by atoms with Gasteiger partial charge in [-0.15, -0.1) is 0 Å². The van der Waals surface area contributed by atoms with Crippen molar-refractivity contribution in [3.8, 4) is 22.6 Å². The second kappa shape index (κ2) is 9.42. The number of rotatable bonds is 8. The Morgan fingerprint density at radius 3 is 2.42 bits per heavy atom. The summed E-state index contributed by atoms with van der Waals surface area (Å²) in [7, 11) is 1.95. The largest absolute Gasteiger partial charge is 0.464 e. The third-order valence-electron chi connectivity index (χ3n) is 5.23. The molecule has 3 heterocycles. The van der Waals surface area contributed by atoms with Crippen LogP contribution in [0.15, 0.2) is 77.7 Å². The van der Waals surface area contributed by atoms with E-state index in [1.807, 2.05) is 93.2 Å². The van der Waals surface area contributed by atoms with Crippen LogP contribution in [0, 0.1) is 0 Å². The van der Waals surface area contributed by atoms with E-state index in [2.05, 4.69) is 4.98 Å². The molecule has 4 rings (SSSR count). The normalized spacial score (nSPS) is 12.5. The van der Waals surface area contributed by atoms with E-state index >= 15 is 0 Å². The van der Waals surface area contributed by atoms with Crippen molar-refractivity contribution in [3.05, 3.63) is 84.8 Å². The molecular formula is C26H28N4O3. The van der Waals surface area contributed by atoms with E-state index in [1.165, 1.54) is 5.06 Å². The Kier molecular flexibility index (Phi) is 6.42. The fourth-order valence-corrected chi connectivity index (χ4v) is 3.74. The molecule has 33 heavy (non-hydrogen) atoms. The van der Waals surface area contributed by atoms with Crippen LogP contribution in [0.5, 0.6) is 0 Å².